The second kappa shape index (κ2) is 10.7. The van der Waals surface area contributed by atoms with Crippen molar-refractivity contribution in [2.45, 2.75) is 83.3 Å². The van der Waals surface area contributed by atoms with Crippen molar-refractivity contribution < 1.29 is 14.4 Å². The first-order valence-electron chi connectivity index (χ1n) is 11.8. The number of hydrogen-bond acceptors (Lipinski definition) is 3. The highest BCUT2D eigenvalue weighted by Crippen LogP contribution is 2.18. The van der Waals surface area contributed by atoms with Gasteiger partial charge in [0.15, 0.2) is 0 Å². The van der Waals surface area contributed by atoms with Crippen molar-refractivity contribution in [1.29, 1.82) is 0 Å². The summed E-state index contributed by atoms with van der Waals surface area (Å²) in [6.45, 7) is 6.92. The largest absolute Gasteiger partial charge is 0.347 e. The summed E-state index contributed by atoms with van der Waals surface area (Å²) in [7, 11) is 0. The highest BCUT2D eigenvalue weighted by molar-refractivity contribution is 5.97. The maximum atomic E-state index is 12.7. The van der Waals surface area contributed by atoms with Crippen LogP contribution in [0.3, 0.4) is 0 Å². The van der Waals surface area contributed by atoms with Crippen molar-refractivity contribution in [3.8, 4) is 0 Å². The first kappa shape index (κ1) is 23.9. The fourth-order valence-corrected chi connectivity index (χ4v) is 4.24. The molecule has 8 nitrogen and oxygen atoms in total. The van der Waals surface area contributed by atoms with Crippen LogP contribution in [0.1, 0.15) is 76.1 Å². The van der Waals surface area contributed by atoms with Crippen molar-refractivity contribution >= 4 is 23.7 Å². The van der Waals surface area contributed by atoms with Crippen LogP contribution in [0.4, 0.5) is 15.3 Å². The van der Waals surface area contributed by atoms with E-state index >= 15 is 0 Å². The monoisotopic (exact) mass is 443 g/mol. The van der Waals surface area contributed by atoms with Gasteiger partial charge in [-0.05, 0) is 64.7 Å². The second-order valence-corrected chi connectivity index (χ2v) is 9.93. The molecule has 0 radical (unpaired) electrons. The molecule has 3 rings (SSSR count). The SMILES string of the molecule is CC(C)(C)NC(=O)c1cccc(NC(=O)N2CCC(NC(=O)NC3CCCCC3)CC2)c1. The van der Waals surface area contributed by atoms with Gasteiger partial charge >= 0.3 is 12.1 Å². The number of likely N-dealkylation sites (tertiary alicyclic amines) is 1. The van der Waals surface area contributed by atoms with E-state index < -0.39 is 0 Å². The van der Waals surface area contributed by atoms with Crippen LogP contribution in [0.25, 0.3) is 0 Å². The van der Waals surface area contributed by atoms with Gasteiger partial charge in [-0.3, -0.25) is 4.79 Å². The van der Waals surface area contributed by atoms with Gasteiger partial charge < -0.3 is 26.2 Å². The third-order valence-corrected chi connectivity index (χ3v) is 5.92. The summed E-state index contributed by atoms with van der Waals surface area (Å²) in [4.78, 5) is 39.1. The van der Waals surface area contributed by atoms with E-state index in [1.807, 2.05) is 20.8 Å². The number of anilines is 1. The average molecular weight is 444 g/mol. The third-order valence-electron chi connectivity index (χ3n) is 5.92. The van der Waals surface area contributed by atoms with Crippen molar-refractivity contribution in [2.75, 3.05) is 18.4 Å². The second-order valence-electron chi connectivity index (χ2n) is 9.93. The Kier molecular flexibility index (Phi) is 7.99. The van der Waals surface area contributed by atoms with Crippen LogP contribution in [-0.2, 0) is 0 Å². The lowest BCUT2D eigenvalue weighted by molar-refractivity contribution is 0.0919. The summed E-state index contributed by atoms with van der Waals surface area (Å²) >= 11 is 0. The van der Waals surface area contributed by atoms with Gasteiger partial charge in [0.2, 0.25) is 0 Å². The minimum Gasteiger partial charge on any atom is -0.347 e. The predicted octanol–water partition coefficient (Wildman–Crippen LogP) is 3.84. The van der Waals surface area contributed by atoms with Crippen LogP contribution < -0.4 is 21.3 Å². The summed E-state index contributed by atoms with van der Waals surface area (Å²) in [5.74, 6) is -0.174. The number of urea groups is 2. The van der Waals surface area contributed by atoms with Gasteiger partial charge in [0.1, 0.15) is 0 Å². The number of carbonyl (C=O) groups excluding carboxylic acids is 3. The molecule has 176 valence electrons. The predicted molar refractivity (Wildman–Crippen MR) is 126 cm³/mol. The molecule has 1 saturated heterocycles. The normalized spacial score (nSPS) is 18.0. The summed E-state index contributed by atoms with van der Waals surface area (Å²) in [5.41, 5.74) is 0.760. The molecule has 0 aromatic heterocycles. The summed E-state index contributed by atoms with van der Waals surface area (Å²) in [6, 6.07) is 7.02. The van der Waals surface area contributed by atoms with Crippen molar-refractivity contribution in [2.24, 2.45) is 0 Å². The van der Waals surface area contributed by atoms with Gasteiger partial charge in [0.05, 0.1) is 0 Å². The molecule has 0 bridgehead atoms. The van der Waals surface area contributed by atoms with Gasteiger partial charge in [-0.1, -0.05) is 25.3 Å². The van der Waals surface area contributed by atoms with Crippen LogP contribution in [0.5, 0.6) is 0 Å². The molecule has 5 amide bonds. The zero-order chi connectivity index (χ0) is 23.1. The van der Waals surface area contributed by atoms with Gasteiger partial charge in [-0.15, -0.1) is 0 Å². The number of benzene rings is 1. The summed E-state index contributed by atoms with van der Waals surface area (Å²) < 4.78 is 0. The van der Waals surface area contributed by atoms with Crippen LogP contribution >= 0.6 is 0 Å². The van der Waals surface area contributed by atoms with E-state index in [0.717, 1.165) is 25.7 Å². The standard InChI is InChI=1S/C24H37N5O3/c1-24(2,3)28-21(30)17-8-7-11-20(16-17)27-23(32)29-14-12-19(13-15-29)26-22(31)25-18-9-5-4-6-10-18/h7-8,11,16,18-19H,4-6,9-10,12-15H2,1-3H3,(H,27,32)(H,28,30)(H2,25,26,31). The molecule has 32 heavy (non-hydrogen) atoms. The minimum absolute atomic E-state index is 0.0760. The number of nitrogens with zero attached hydrogens (tertiary/aromatic N) is 1. The molecule has 1 saturated carbocycles. The molecule has 2 fully saturated rings. The molecule has 4 N–H and O–H groups in total. The maximum absolute atomic E-state index is 12.7. The van der Waals surface area contributed by atoms with E-state index in [1.165, 1.54) is 19.3 Å². The Labute approximate surface area is 190 Å². The molecule has 0 unspecified atom stereocenters. The lowest BCUT2D eigenvalue weighted by Crippen LogP contribution is -2.51. The number of nitrogens with one attached hydrogen (secondary N) is 4. The van der Waals surface area contributed by atoms with Gasteiger partial charge in [-0.2, -0.15) is 0 Å². The first-order chi connectivity index (χ1) is 15.2. The Balaban J connectivity index is 1.44. The molecular weight excluding hydrogens is 406 g/mol. The summed E-state index contributed by atoms with van der Waals surface area (Å²) in [6.07, 6.45) is 7.19. The Hall–Kier alpha value is -2.77. The quantitative estimate of drug-likeness (QED) is 0.568. The first-order valence-corrected chi connectivity index (χ1v) is 11.8. The Morgan fingerprint density at radius 3 is 2.16 bits per heavy atom. The lowest BCUT2D eigenvalue weighted by atomic mass is 9.96. The molecular formula is C24H37N5O3. The topological polar surface area (TPSA) is 103 Å². The Morgan fingerprint density at radius 2 is 1.53 bits per heavy atom. The van der Waals surface area contributed by atoms with Crippen LogP contribution in [-0.4, -0.2) is 53.6 Å². The number of piperidine rings is 1. The van der Waals surface area contributed by atoms with Crippen molar-refractivity contribution in [1.82, 2.24) is 20.9 Å². The Morgan fingerprint density at radius 1 is 0.906 bits per heavy atom. The highest BCUT2D eigenvalue weighted by Gasteiger charge is 2.25. The average Bonchev–Trinajstić information content (AvgIpc) is 2.74. The van der Waals surface area contributed by atoms with Crippen LogP contribution in [0, 0.1) is 0 Å². The zero-order valence-electron chi connectivity index (χ0n) is 19.5. The van der Waals surface area contributed by atoms with Crippen LogP contribution in [0.15, 0.2) is 24.3 Å². The third kappa shape index (κ3) is 7.43. The molecule has 2 aliphatic rings. The maximum Gasteiger partial charge on any atom is 0.321 e. The minimum atomic E-state index is -0.331. The van der Waals surface area contributed by atoms with Gasteiger partial charge in [0, 0.05) is 42.0 Å². The van der Waals surface area contributed by atoms with Crippen LogP contribution in [0.2, 0.25) is 0 Å². The highest BCUT2D eigenvalue weighted by atomic mass is 16.2. The molecule has 8 heteroatoms. The van der Waals surface area contributed by atoms with E-state index in [9.17, 15) is 14.4 Å². The van der Waals surface area contributed by atoms with E-state index in [-0.39, 0.29) is 35.6 Å². The van der Waals surface area contributed by atoms with Gasteiger partial charge in [-0.25, -0.2) is 9.59 Å². The molecule has 1 aliphatic carbocycles. The number of hydrogen-bond donors (Lipinski definition) is 4. The number of amides is 5. The number of rotatable bonds is 4. The van der Waals surface area contributed by atoms with Crippen molar-refractivity contribution in [3.05, 3.63) is 29.8 Å². The lowest BCUT2D eigenvalue weighted by Gasteiger charge is -2.33. The van der Waals surface area contributed by atoms with Gasteiger partial charge in [0.25, 0.3) is 5.91 Å². The molecule has 1 aromatic rings. The van der Waals surface area contributed by atoms with E-state index in [2.05, 4.69) is 21.3 Å². The fraction of sp³-hybridized carbons (Fsp3) is 0.625. The number of carbonyl (C=O) groups is 3. The molecule has 0 spiro atoms. The smallest absolute Gasteiger partial charge is 0.321 e. The molecule has 0 atom stereocenters. The molecule has 1 aromatic carbocycles. The van der Waals surface area contributed by atoms with E-state index in [4.69, 9.17) is 0 Å². The summed E-state index contributed by atoms with van der Waals surface area (Å²) in [5, 5.41) is 12.0. The molecule has 1 aliphatic heterocycles. The zero-order valence-corrected chi connectivity index (χ0v) is 19.5. The van der Waals surface area contributed by atoms with Crippen molar-refractivity contribution in [3.63, 3.8) is 0 Å². The Bertz CT molecular complexity index is 806. The van der Waals surface area contributed by atoms with E-state index in [0.29, 0.717) is 24.3 Å². The fourth-order valence-electron chi connectivity index (χ4n) is 4.24. The molecule has 1 heterocycles. The van der Waals surface area contributed by atoms with E-state index in [1.54, 1.807) is 29.2 Å².